The van der Waals surface area contributed by atoms with Crippen molar-refractivity contribution in [1.29, 1.82) is 0 Å². The summed E-state index contributed by atoms with van der Waals surface area (Å²) in [5.41, 5.74) is 0.762. The van der Waals surface area contributed by atoms with Gasteiger partial charge in [0.05, 0.1) is 4.92 Å². The van der Waals surface area contributed by atoms with Gasteiger partial charge in [-0.2, -0.15) is 0 Å². The monoisotopic (exact) mass is 203 g/mol. The van der Waals surface area contributed by atoms with E-state index in [0.29, 0.717) is 0 Å². The Morgan fingerprint density at radius 2 is 1.93 bits per heavy atom. The number of hydrogen-bond donors (Lipinski definition) is 0. The zero-order valence-corrected chi connectivity index (χ0v) is 7.92. The maximum absolute atomic E-state index is 10.8. The minimum atomic E-state index is -0.470. The molecule has 15 heavy (non-hydrogen) atoms. The molecule has 0 aliphatic carbocycles. The molecular weight excluding hydrogens is 194 g/mol. The average molecular weight is 203 g/mol. The molecule has 0 aliphatic heterocycles. The van der Waals surface area contributed by atoms with E-state index in [1.165, 1.54) is 24.3 Å². The third-order valence-electron chi connectivity index (χ3n) is 1.75. The Hall–Kier alpha value is -2.23. The molecule has 1 rings (SSSR count). The molecule has 0 saturated heterocycles. The number of ketones is 1. The molecule has 76 valence electrons. The largest absolute Gasteiger partial charge is 0.290 e. The normalized spacial score (nSPS) is 10.1. The lowest BCUT2D eigenvalue weighted by molar-refractivity contribution is -0.384. The van der Waals surface area contributed by atoms with Crippen LogP contribution in [-0.2, 0) is 4.79 Å². The maximum atomic E-state index is 10.8. The first-order valence-electron chi connectivity index (χ1n) is 4.22. The van der Waals surface area contributed by atoms with Crippen molar-refractivity contribution < 1.29 is 9.72 Å². The summed E-state index contributed by atoms with van der Waals surface area (Å²) < 4.78 is 0. The van der Waals surface area contributed by atoms with E-state index >= 15 is 0 Å². The van der Waals surface area contributed by atoms with Crippen molar-refractivity contribution in [3.8, 4) is 0 Å². The van der Waals surface area contributed by atoms with Gasteiger partial charge in [-0.3, -0.25) is 14.9 Å². The summed E-state index contributed by atoms with van der Waals surface area (Å²) in [6.07, 6.45) is 4.13. The minimum Gasteiger partial charge on any atom is -0.290 e. The maximum Gasteiger partial charge on any atom is 0.269 e. The molecule has 0 spiro atoms. The van der Waals surface area contributed by atoms with Gasteiger partial charge in [0.1, 0.15) is 0 Å². The van der Waals surface area contributed by atoms with Gasteiger partial charge in [-0.1, -0.05) is 12.7 Å². The van der Waals surface area contributed by atoms with E-state index in [9.17, 15) is 14.9 Å². The highest BCUT2D eigenvalue weighted by atomic mass is 16.6. The summed E-state index contributed by atoms with van der Waals surface area (Å²) >= 11 is 0. The molecule has 4 heteroatoms. The van der Waals surface area contributed by atoms with Crippen LogP contribution in [-0.4, -0.2) is 10.7 Å². The van der Waals surface area contributed by atoms with Gasteiger partial charge in [0.25, 0.3) is 5.69 Å². The van der Waals surface area contributed by atoms with Crippen LogP contribution in [0.3, 0.4) is 0 Å². The van der Waals surface area contributed by atoms with Crippen LogP contribution < -0.4 is 0 Å². The second-order valence-electron chi connectivity index (χ2n) is 2.79. The van der Waals surface area contributed by atoms with Crippen molar-refractivity contribution in [1.82, 2.24) is 0 Å². The van der Waals surface area contributed by atoms with Crippen LogP contribution in [0, 0.1) is 10.1 Å². The molecule has 0 heterocycles. The molecule has 0 atom stereocenters. The lowest BCUT2D eigenvalue weighted by Gasteiger charge is -1.92. The summed E-state index contributed by atoms with van der Waals surface area (Å²) in [6.45, 7) is 3.32. The molecule has 0 amide bonds. The fourth-order valence-electron chi connectivity index (χ4n) is 0.954. The van der Waals surface area contributed by atoms with Crippen LogP contribution in [0.25, 0.3) is 6.08 Å². The zero-order chi connectivity index (χ0) is 11.3. The molecule has 0 aliphatic rings. The second kappa shape index (κ2) is 4.85. The number of carbonyl (C=O) groups is 1. The smallest absolute Gasteiger partial charge is 0.269 e. The Morgan fingerprint density at radius 3 is 2.40 bits per heavy atom. The molecule has 0 bridgehead atoms. The highest BCUT2D eigenvalue weighted by molar-refractivity contribution is 6.01. The van der Waals surface area contributed by atoms with E-state index in [0.717, 1.165) is 5.56 Å². The Labute approximate surface area is 86.7 Å². The molecule has 4 nitrogen and oxygen atoms in total. The van der Waals surface area contributed by atoms with E-state index < -0.39 is 4.92 Å². The van der Waals surface area contributed by atoms with Crippen molar-refractivity contribution in [2.75, 3.05) is 0 Å². The highest BCUT2D eigenvalue weighted by Gasteiger charge is 2.02. The summed E-state index contributed by atoms with van der Waals surface area (Å²) in [4.78, 5) is 20.7. The van der Waals surface area contributed by atoms with Gasteiger partial charge in [0, 0.05) is 12.1 Å². The van der Waals surface area contributed by atoms with Crippen LogP contribution in [0.4, 0.5) is 5.69 Å². The van der Waals surface area contributed by atoms with Crippen molar-refractivity contribution in [3.05, 3.63) is 58.7 Å². The van der Waals surface area contributed by atoms with Gasteiger partial charge < -0.3 is 0 Å². The van der Waals surface area contributed by atoms with Crippen LogP contribution >= 0.6 is 0 Å². The van der Waals surface area contributed by atoms with Gasteiger partial charge >= 0.3 is 0 Å². The number of allylic oxidation sites excluding steroid dienone is 2. The molecule has 0 unspecified atom stereocenters. The number of nitro benzene ring substituents is 1. The van der Waals surface area contributed by atoms with Gasteiger partial charge in [0.15, 0.2) is 5.78 Å². The van der Waals surface area contributed by atoms with Gasteiger partial charge in [-0.25, -0.2) is 0 Å². The zero-order valence-electron chi connectivity index (χ0n) is 7.92. The molecule has 0 saturated carbocycles. The molecule has 0 aromatic heterocycles. The van der Waals surface area contributed by atoms with Crippen LogP contribution in [0.15, 0.2) is 43.0 Å². The molecular formula is C11H9NO3. The molecule has 0 radical (unpaired) electrons. The molecule has 1 aromatic rings. The fraction of sp³-hybridized carbons (Fsp3) is 0. The van der Waals surface area contributed by atoms with E-state index in [-0.39, 0.29) is 11.5 Å². The number of carbonyl (C=O) groups excluding carboxylic acids is 1. The molecule has 0 N–H and O–H groups in total. The van der Waals surface area contributed by atoms with Crippen LogP contribution in [0.1, 0.15) is 5.56 Å². The Bertz CT molecular complexity index is 418. The molecule has 1 aromatic carbocycles. The number of benzene rings is 1. The van der Waals surface area contributed by atoms with Crippen molar-refractivity contribution in [2.24, 2.45) is 0 Å². The summed E-state index contributed by atoms with van der Waals surface area (Å²) in [5, 5.41) is 10.3. The number of hydrogen-bond acceptors (Lipinski definition) is 3. The lowest BCUT2D eigenvalue weighted by Crippen LogP contribution is -1.87. The Morgan fingerprint density at radius 1 is 1.33 bits per heavy atom. The SMILES string of the molecule is C=CC(=O)C=Cc1ccc([N+](=O)[O-])cc1. The Balaban J connectivity index is 2.81. The summed E-state index contributed by atoms with van der Waals surface area (Å²) in [7, 11) is 0. The third kappa shape index (κ3) is 3.19. The van der Waals surface area contributed by atoms with Crippen LogP contribution in [0.5, 0.6) is 0 Å². The minimum absolute atomic E-state index is 0.0298. The second-order valence-corrected chi connectivity index (χ2v) is 2.79. The van der Waals surface area contributed by atoms with E-state index in [2.05, 4.69) is 6.58 Å². The quantitative estimate of drug-likeness (QED) is 0.428. The summed E-state index contributed by atoms with van der Waals surface area (Å²) in [6, 6.07) is 5.92. The van der Waals surface area contributed by atoms with Crippen molar-refractivity contribution in [3.63, 3.8) is 0 Å². The first-order chi connectivity index (χ1) is 7.13. The predicted octanol–water partition coefficient (Wildman–Crippen LogP) is 2.36. The van der Waals surface area contributed by atoms with E-state index in [1.54, 1.807) is 18.2 Å². The van der Waals surface area contributed by atoms with E-state index in [1.807, 2.05) is 0 Å². The number of rotatable bonds is 4. The first-order valence-corrected chi connectivity index (χ1v) is 4.22. The van der Waals surface area contributed by atoms with Gasteiger partial charge in [0.2, 0.25) is 0 Å². The molecule has 0 fully saturated rings. The van der Waals surface area contributed by atoms with Crippen LogP contribution in [0.2, 0.25) is 0 Å². The highest BCUT2D eigenvalue weighted by Crippen LogP contribution is 2.12. The first kappa shape index (κ1) is 10.8. The number of non-ortho nitro benzene ring substituents is 1. The predicted molar refractivity (Wildman–Crippen MR) is 57.3 cm³/mol. The lowest BCUT2D eigenvalue weighted by atomic mass is 10.2. The average Bonchev–Trinajstić information content (AvgIpc) is 2.26. The van der Waals surface area contributed by atoms with Gasteiger partial charge in [-0.15, -0.1) is 0 Å². The van der Waals surface area contributed by atoms with Crippen molar-refractivity contribution in [2.45, 2.75) is 0 Å². The standard InChI is InChI=1S/C11H9NO3/c1-2-11(13)8-5-9-3-6-10(7-4-9)12(14)15/h2-8H,1H2. The fourth-order valence-corrected chi connectivity index (χ4v) is 0.954. The summed E-state index contributed by atoms with van der Waals surface area (Å²) in [5.74, 6) is -0.201. The van der Waals surface area contributed by atoms with E-state index in [4.69, 9.17) is 0 Å². The Kier molecular flexibility index (Phi) is 3.51. The number of nitrogens with zero attached hydrogens (tertiary/aromatic N) is 1. The topological polar surface area (TPSA) is 60.2 Å². The number of nitro groups is 1. The van der Waals surface area contributed by atoms with Gasteiger partial charge in [-0.05, 0) is 29.8 Å². The van der Waals surface area contributed by atoms with Crippen molar-refractivity contribution >= 4 is 17.5 Å². The third-order valence-corrected chi connectivity index (χ3v) is 1.75.